The van der Waals surface area contributed by atoms with Gasteiger partial charge in [-0.25, -0.2) is 0 Å². The molecule has 1 nitrogen and oxygen atoms in total. The first-order chi connectivity index (χ1) is 4.85. The van der Waals surface area contributed by atoms with Gasteiger partial charge in [-0.1, -0.05) is 12.2 Å². The van der Waals surface area contributed by atoms with Crippen molar-refractivity contribution in [1.29, 1.82) is 0 Å². The van der Waals surface area contributed by atoms with Crippen LogP contribution in [-0.4, -0.2) is 12.7 Å². The SMILES string of the molecule is C=CCC(CC=C)OCC. The van der Waals surface area contributed by atoms with Gasteiger partial charge < -0.3 is 4.74 Å². The van der Waals surface area contributed by atoms with Crippen LogP contribution in [0.3, 0.4) is 0 Å². The van der Waals surface area contributed by atoms with Crippen LogP contribution in [-0.2, 0) is 4.74 Å². The summed E-state index contributed by atoms with van der Waals surface area (Å²) in [4.78, 5) is 0. The number of hydrogen-bond donors (Lipinski definition) is 0. The number of rotatable bonds is 6. The summed E-state index contributed by atoms with van der Waals surface area (Å²) in [5, 5.41) is 0. The zero-order valence-corrected chi connectivity index (χ0v) is 6.68. The molecule has 0 fully saturated rings. The molecule has 0 aromatic carbocycles. The molecule has 0 heterocycles. The summed E-state index contributed by atoms with van der Waals surface area (Å²) in [6.07, 6.45) is 5.88. The third-order valence-corrected chi connectivity index (χ3v) is 1.26. The van der Waals surface area contributed by atoms with Crippen molar-refractivity contribution >= 4 is 0 Å². The predicted octanol–water partition coefficient (Wildman–Crippen LogP) is 2.54. The van der Waals surface area contributed by atoms with Crippen molar-refractivity contribution in [2.75, 3.05) is 6.61 Å². The molecule has 1 heteroatoms. The van der Waals surface area contributed by atoms with E-state index in [0.717, 1.165) is 19.4 Å². The van der Waals surface area contributed by atoms with Gasteiger partial charge in [0.2, 0.25) is 0 Å². The van der Waals surface area contributed by atoms with E-state index in [0.29, 0.717) is 6.10 Å². The van der Waals surface area contributed by atoms with E-state index in [2.05, 4.69) is 13.2 Å². The lowest BCUT2D eigenvalue weighted by Gasteiger charge is -2.11. The molecule has 0 atom stereocenters. The van der Waals surface area contributed by atoms with Crippen LogP contribution in [0.25, 0.3) is 0 Å². The first-order valence-electron chi connectivity index (χ1n) is 3.68. The van der Waals surface area contributed by atoms with Gasteiger partial charge in [0.15, 0.2) is 0 Å². The summed E-state index contributed by atoms with van der Waals surface area (Å²) < 4.78 is 5.38. The highest BCUT2D eigenvalue weighted by atomic mass is 16.5. The van der Waals surface area contributed by atoms with Gasteiger partial charge in [0.1, 0.15) is 0 Å². The van der Waals surface area contributed by atoms with E-state index in [1.54, 1.807) is 0 Å². The van der Waals surface area contributed by atoms with E-state index in [1.165, 1.54) is 0 Å². The molecule has 10 heavy (non-hydrogen) atoms. The van der Waals surface area contributed by atoms with Gasteiger partial charge in [0, 0.05) is 6.61 Å². The fourth-order valence-corrected chi connectivity index (χ4v) is 0.840. The summed E-state index contributed by atoms with van der Waals surface area (Å²) in [5.74, 6) is 0. The van der Waals surface area contributed by atoms with Crippen LogP contribution in [0.4, 0.5) is 0 Å². The standard InChI is InChI=1S/C9H16O/c1-4-7-9(8-5-2)10-6-3/h4-5,9H,1-2,6-8H2,3H3. The second-order valence-electron chi connectivity index (χ2n) is 2.13. The smallest absolute Gasteiger partial charge is 0.0643 e. The Balaban J connectivity index is 3.48. The van der Waals surface area contributed by atoms with Crippen LogP contribution in [0, 0.1) is 0 Å². The molecule has 0 saturated heterocycles. The van der Waals surface area contributed by atoms with E-state index >= 15 is 0 Å². The van der Waals surface area contributed by atoms with Crippen molar-refractivity contribution < 1.29 is 4.74 Å². The summed E-state index contributed by atoms with van der Waals surface area (Å²) in [6.45, 7) is 10.1. The Morgan fingerprint density at radius 2 is 1.80 bits per heavy atom. The lowest BCUT2D eigenvalue weighted by atomic mass is 10.2. The molecule has 0 aliphatic carbocycles. The second-order valence-corrected chi connectivity index (χ2v) is 2.13. The Morgan fingerprint density at radius 1 is 1.30 bits per heavy atom. The molecule has 0 saturated carbocycles. The molecule has 0 unspecified atom stereocenters. The summed E-state index contributed by atoms with van der Waals surface area (Å²) in [5.41, 5.74) is 0. The molecule has 0 spiro atoms. The van der Waals surface area contributed by atoms with Crippen molar-refractivity contribution in [3.63, 3.8) is 0 Å². The summed E-state index contributed by atoms with van der Waals surface area (Å²) in [6, 6.07) is 0. The van der Waals surface area contributed by atoms with E-state index in [1.807, 2.05) is 19.1 Å². The monoisotopic (exact) mass is 140 g/mol. The van der Waals surface area contributed by atoms with Crippen LogP contribution >= 0.6 is 0 Å². The molecule has 0 aliphatic rings. The van der Waals surface area contributed by atoms with Gasteiger partial charge in [0.25, 0.3) is 0 Å². The van der Waals surface area contributed by atoms with Crippen molar-refractivity contribution in [3.8, 4) is 0 Å². The van der Waals surface area contributed by atoms with Gasteiger partial charge in [-0.05, 0) is 19.8 Å². The normalized spacial score (nSPS) is 9.80. The highest BCUT2D eigenvalue weighted by molar-refractivity contribution is 4.79. The van der Waals surface area contributed by atoms with Crippen LogP contribution in [0.2, 0.25) is 0 Å². The van der Waals surface area contributed by atoms with Gasteiger partial charge in [-0.3, -0.25) is 0 Å². The fraction of sp³-hybridized carbons (Fsp3) is 0.556. The predicted molar refractivity (Wildman–Crippen MR) is 45.0 cm³/mol. The summed E-state index contributed by atoms with van der Waals surface area (Å²) >= 11 is 0. The minimum absolute atomic E-state index is 0.292. The molecular formula is C9H16O. The van der Waals surface area contributed by atoms with Crippen LogP contribution in [0.1, 0.15) is 19.8 Å². The zero-order chi connectivity index (χ0) is 7.82. The molecule has 0 aromatic rings. The molecule has 0 amide bonds. The lowest BCUT2D eigenvalue weighted by Crippen LogP contribution is -2.10. The van der Waals surface area contributed by atoms with Gasteiger partial charge in [0.05, 0.1) is 6.10 Å². The third kappa shape index (κ3) is 4.33. The van der Waals surface area contributed by atoms with E-state index in [-0.39, 0.29) is 0 Å². The first-order valence-corrected chi connectivity index (χ1v) is 3.68. The highest BCUT2D eigenvalue weighted by Crippen LogP contribution is 2.04. The largest absolute Gasteiger partial charge is 0.378 e. The average Bonchev–Trinajstić information content (AvgIpc) is 1.90. The van der Waals surface area contributed by atoms with Crippen molar-refractivity contribution in [2.24, 2.45) is 0 Å². The first kappa shape index (κ1) is 9.44. The van der Waals surface area contributed by atoms with Gasteiger partial charge >= 0.3 is 0 Å². The van der Waals surface area contributed by atoms with Crippen LogP contribution < -0.4 is 0 Å². The zero-order valence-electron chi connectivity index (χ0n) is 6.68. The Hall–Kier alpha value is -0.560. The molecule has 58 valence electrons. The number of ether oxygens (including phenoxy) is 1. The maximum absolute atomic E-state index is 5.38. The minimum Gasteiger partial charge on any atom is -0.378 e. The molecule has 0 radical (unpaired) electrons. The van der Waals surface area contributed by atoms with Gasteiger partial charge in [-0.15, -0.1) is 13.2 Å². The molecule has 0 aliphatic heterocycles. The molecule has 0 rings (SSSR count). The quantitative estimate of drug-likeness (QED) is 0.515. The van der Waals surface area contributed by atoms with E-state index < -0.39 is 0 Å². The van der Waals surface area contributed by atoms with Crippen molar-refractivity contribution in [2.45, 2.75) is 25.9 Å². The Bertz CT molecular complexity index is 86.9. The Morgan fingerprint density at radius 3 is 2.10 bits per heavy atom. The average molecular weight is 140 g/mol. The molecule has 0 bridgehead atoms. The maximum Gasteiger partial charge on any atom is 0.0643 e. The second kappa shape index (κ2) is 6.56. The molecule has 0 N–H and O–H groups in total. The summed E-state index contributed by atoms with van der Waals surface area (Å²) in [7, 11) is 0. The van der Waals surface area contributed by atoms with Crippen molar-refractivity contribution in [3.05, 3.63) is 25.3 Å². The van der Waals surface area contributed by atoms with Crippen LogP contribution in [0.15, 0.2) is 25.3 Å². The lowest BCUT2D eigenvalue weighted by molar-refractivity contribution is 0.0675. The van der Waals surface area contributed by atoms with Crippen molar-refractivity contribution in [1.82, 2.24) is 0 Å². The van der Waals surface area contributed by atoms with Gasteiger partial charge in [-0.2, -0.15) is 0 Å². The number of hydrogen-bond acceptors (Lipinski definition) is 1. The molecular weight excluding hydrogens is 124 g/mol. The van der Waals surface area contributed by atoms with Crippen LogP contribution in [0.5, 0.6) is 0 Å². The third-order valence-electron chi connectivity index (χ3n) is 1.26. The Kier molecular flexibility index (Phi) is 6.19. The maximum atomic E-state index is 5.38. The Labute approximate surface area is 63.4 Å². The molecule has 0 aromatic heterocycles. The van der Waals surface area contributed by atoms with E-state index in [4.69, 9.17) is 4.74 Å². The highest BCUT2D eigenvalue weighted by Gasteiger charge is 2.01. The topological polar surface area (TPSA) is 9.23 Å². The fourth-order valence-electron chi connectivity index (χ4n) is 0.840. The minimum atomic E-state index is 0.292. The van der Waals surface area contributed by atoms with E-state index in [9.17, 15) is 0 Å².